The number of aryl methyl sites for hydroxylation is 1. The van der Waals surface area contributed by atoms with Crippen LogP contribution in [0.1, 0.15) is 59.0 Å². The van der Waals surface area contributed by atoms with Crippen LogP contribution in [0.4, 0.5) is 14.9 Å². The van der Waals surface area contributed by atoms with E-state index in [1.54, 1.807) is 0 Å². The number of fused-ring (bicyclic) bond motifs is 3. The third kappa shape index (κ3) is 3.56. The lowest BCUT2D eigenvalue weighted by atomic mass is 10.0. The molecule has 0 bridgehead atoms. The Morgan fingerprint density at radius 1 is 1.28 bits per heavy atom. The van der Waals surface area contributed by atoms with Crippen molar-refractivity contribution in [2.24, 2.45) is 9.50 Å². The summed E-state index contributed by atoms with van der Waals surface area (Å²) >= 11 is 0.741. The molecule has 2 aromatic rings. The van der Waals surface area contributed by atoms with E-state index in [2.05, 4.69) is 9.68 Å². The summed E-state index contributed by atoms with van der Waals surface area (Å²) in [4.78, 5) is 18.0. The van der Waals surface area contributed by atoms with Crippen LogP contribution in [-0.2, 0) is 34.6 Å². The van der Waals surface area contributed by atoms with E-state index >= 15 is 0 Å². The van der Waals surface area contributed by atoms with Crippen LogP contribution < -0.4 is 10.5 Å². The van der Waals surface area contributed by atoms with Crippen LogP contribution in [0.3, 0.4) is 0 Å². The van der Waals surface area contributed by atoms with Crippen LogP contribution in [0.2, 0.25) is 0 Å². The van der Waals surface area contributed by atoms with Crippen molar-refractivity contribution in [3.63, 3.8) is 0 Å². The number of aliphatic hydroxyl groups excluding tert-OH is 2. The molecular formula is C21H25FN4O4S2. The van der Waals surface area contributed by atoms with E-state index in [-0.39, 0.29) is 14.5 Å². The number of hydrogen-bond donors (Lipinski definition) is 4. The van der Waals surface area contributed by atoms with Gasteiger partial charge in [-0.15, -0.1) is 15.7 Å². The minimum Gasteiger partial charge on any atom is -0.396 e. The second-order valence-corrected chi connectivity index (χ2v) is 11.9. The van der Waals surface area contributed by atoms with E-state index in [4.69, 9.17) is 10.1 Å². The number of halogens is 1. The number of nitrogens with two attached hydrogens (primary N) is 1. The summed E-state index contributed by atoms with van der Waals surface area (Å²) in [6.45, 7) is -0.807. The number of amides is 2. The molecule has 0 aliphatic heterocycles. The normalized spacial score (nSPS) is 19.7. The molecule has 3 aliphatic carbocycles. The number of carbonyl (C=O) groups excluding carboxylic acids is 1. The van der Waals surface area contributed by atoms with E-state index in [9.17, 15) is 23.6 Å². The van der Waals surface area contributed by atoms with Gasteiger partial charge in [0.25, 0.3) is 0 Å². The zero-order chi connectivity index (χ0) is 22.7. The van der Waals surface area contributed by atoms with Gasteiger partial charge in [0.15, 0.2) is 19.9 Å². The summed E-state index contributed by atoms with van der Waals surface area (Å²) in [6.07, 6.45) is 6.72. The second kappa shape index (κ2) is 7.84. The van der Waals surface area contributed by atoms with Crippen molar-refractivity contribution >= 4 is 33.0 Å². The van der Waals surface area contributed by atoms with Crippen molar-refractivity contribution in [3.05, 3.63) is 39.3 Å². The van der Waals surface area contributed by atoms with Gasteiger partial charge >= 0.3 is 6.03 Å². The maximum absolute atomic E-state index is 14.5. The molecule has 1 atom stereocenters. The van der Waals surface area contributed by atoms with Gasteiger partial charge in [-0.25, -0.2) is 18.5 Å². The molecule has 3 aliphatic rings. The van der Waals surface area contributed by atoms with Gasteiger partial charge in [0, 0.05) is 21.9 Å². The maximum Gasteiger partial charge on any atom is 0.354 e. The number of aromatic nitrogens is 1. The molecule has 2 aromatic heterocycles. The fraction of sp³-hybridized carbons (Fsp3) is 0.524. The van der Waals surface area contributed by atoms with Crippen molar-refractivity contribution in [2.75, 3.05) is 18.5 Å². The summed E-state index contributed by atoms with van der Waals surface area (Å²) in [5.74, 6) is -1.59. The molecule has 5 N–H and O–H groups in total. The number of carbonyl (C=O) groups is 1. The van der Waals surface area contributed by atoms with Crippen molar-refractivity contribution in [3.8, 4) is 0 Å². The first-order valence-electron chi connectivity index (χ1n) is 10.7. The predicted octanol–water partition coefficient (Wildman–Crippen LogP) is 2.75. The Labute approximate surface area is 189 Å². The number of thiophene rings is 1. The Morgan fingerprint density at radius 3 is 2.72 bits per heavy atom. The molecule has 2 heterocycles. The number of urea groups is 1. The topological polar surface area (TPSA) is 138 Å². The number of pyridine rings is 1. The standard InChI is InChI=1S/C21H25FN4O4S2/c22-14-8-16(11(9-27)10-28)31-19(14)32(23,30)26-20(29)25-17-12-2-1-3-15(12)24-18-13(17)4-5-21(18)6-7-21/h8,11,27-28H,1-7,9-10H2,(H3,23,24,25,26,29,30)/t32-/m1/s1. The highest BCUT2D eigenvalue weighted by Gasteiger charge is 2.51. The molecule has 0 saturated heterocycles. The Hall–Kier alpha value is -1.92. The van der Waals surface area contributed by atoms with Crippen molar-refractivity contribution < 1.29 is 23.6 Å². The quantitative estimate of drug-likeness (QED) is 0.521. The van der Waals surface area contributed by atoms with Gasteiger partial charge in [-0.2, -0.15) is 0 Å². The first kappa shape index (κ1) is 21.9. The third-order valence-corrected chi connectivity index (χ3v) is 9.97. The van der Waals surface area contributed by atoms with Crippen LogP contribution in [0.25, 0.3) is 0 Å². The molecule has 2 amide bonds. The number of nitrogens with zero attached hydrogens (tertiary/aromatic N) is 2. The molecule has 5 rings (SSSR count). The van der Waals surface area contributed by atoms with Crippen molar-refractivity contribution in [1.29, 1.82) is 0 Å². The summed E-state index contributed by atoms with van der Waals surface area (Å²) in [5, 5.41) is 27.2. The first-order valence-corrected chi connectivity index (χ1v) is 13.1. The minimum absolute atomic E-state index is 0.150. The molecule has 1 fully saturated rings. The zero-order valence-electron chi connectivity index (χ0n) is 17.4. The van der Waals surface area contributed by atoms with Crippen LogP contribution in [0.5, 0.6) is 0 Å². The van der Waals surface area contributed by atoms with Crippen LogP contribution in [0, 0.1) is 5.82 Å². The molecule has 32 heavy (non-hydrogen) atoms. The Bertz CT molecular complexity index is 1230. The lowest BCUT2D eigenvalue weighted by Gasteiger charge is -2.16. The average Bonchev–Trinajstić information content (AvgIpc) is 3.05. The second-order valence-electron chi connectivity index (χ2n) is 8.81. The lowest BCUT2D eigenvalue weighted by molar-refractivity contribution is 0.194. The molecule has 0 radical (unpaired) electrons. The summed E-state index contributed by atoms with van der Waals surface area (Å²) < 4.78 is 30.7. The van der Waals surface area contributed by atoms with Crippen molar-refractivity contribution in [2.45, 2.75) is 60.5 Å². The molecular weight excluding hydrogens is 455 g/mol. The molecule has 1 saturated carbocycles. The van der Waals surface area contributed by atoms with Gasteiger partial charge < -0.3 is 15.5 Å². The Kier molecular flexibility index (Phi) is 5.37. The largest absolute Gasteiger partial charge is 0.396 e. The lowest BCUT2D eigenvalue weighted by Crippen LogP contribution is -2.19. The van der Waals surface area contributed by atoms with Gasteiger partial charge in [-0.1, -0.05) is 0 Å². The van der Waals surface area contributed by atoms with Gasteiger partial charge in [-0.05, 0) is 62.1 Å². The van der Waals surface area contributed by atoms with Gasteiger partial charge in [0.1, 0.15) is 0 Å². The number of hydrogen-bond acceptors (Lipinski definition) is 6. The molecule has 0 unspecified atom stereocenters. The van der Waals surface area contributed by atoms with Gasteiger partial charge in [0.2, 0.25) is 0 Å². The van der Waals surface area contributed by atoms with Crippen molar-refractivity contribution in [1.82, 2.24) is 4.98 Å². The minimum atomic E-state index is -3.85. The zero-order valence-corrected chi connectivity index (χ0v) is 19.0. The molecule has 1 spiro atoms. The fourth-order valence-electron chi connectivity index (χ4n) is 4.88. The highest BCUT2D eigenvalue weighted by atomic mass is 32.2. The molecule has 11 heteroatoms. The molecule has 8 nitrogen and oxygen atoms in total. The third-order valence-electron chi connectivity index (χ3n) is 6.77. The molecule has 172 valence electrons. The van der Waals surface area contributed by atoms with E-state index in [0.29, 0.717) is 5.69 Å². The average molecular weight is 481 g/mol. The Balaban J connectivity index is 1.47. The van der Waals surface area contributed by atoms with Gasteiger partial charge in [0.05, 0.1) is 24.6 Å². The first-order chi connectivity index (χ1) is 15.3. The van der Waals surface area contributed by atoms with Crippen LogP contribution >= 0.6 is 11.3 Å². The van der Waals surface area contributed by atoms with E-state index in [1.165, 1.54) is 0 Å². The molecule has 0 aromatic carbocycles. The summed E-state index contributed by atoms with van der Waals surface area (Å²) in [5.41, 5.74) is 4.99. The number of anilines is 1. The summed E-state index contributed by atoms with van der Waals surface area (Å²) in [6, 6.07) is 0.182. The monoisotopic (exact) mass is 480 g/mol. The summed E-state index contributed by atoms with van der Waals surface area (Å²) in [7, 11) is -3.85. The maximum atomic E-state index is 14.5. The van der Waals surface area contributed by atoms with Crippen LogP contribution in [0.15, 0.2) is 14.6 Å². The highest BCUT2D eigenvalue weighted by molar-refractivity contribution is 7.93. The smallest absolute Gasteiger partial charge is 0.354 e. The van der Waals surface area contributed by atoms with Crippen LogP contribution in [-0.4, -0.2) is 38.7 Å². The number of aliphatic hydroxyl groups is 2. The number of nitrogens with one attached hydrogen (secondary N) is 1. The van der Waals surface area contributed by atoms with E-state index in [1.807, 2.05) is 0 Å². The highest BCUT2D eigenvalue weighted by Crippen LogP contribution is 2.58. The van der Waals surface area contributed by atoms with E-state index in [0.717, 1.165) is 84.9 Å². The SMILES string of the molecule is N[S@@](=O)(=NC(=O)Nc1c2c(nc3c1CCC31CC1)CCC2)c1sc(C(CO)CO)cc1F. The van der Waals surface area contributed by atoms with E-state index < -0.39 is 40.9 Å². The Morgan fingerprint density at radius 2 is 2.03 bits per heavy atom. The van der Waals surface area contributed by atoms with Gasteiger partial charge in [-0.3, -0.25) is 4.98 Å². The predicted molar refractivity (Wildman–Crippen MR) is 119 cm³/mol. The number of rotatable bonds is 5. The fourth-order valence-corrected chi connectivity index (χ4v) is 7.32.